The monoisotopic (exact) mass is 522 g/mol. The molecule has 208 valence electrons. The van der Waals surface area contributed by atoms with Crippen molar-refractivity contribution in [3.05, 3.63) is 48.0 Å². The molecule has 0 heterocycles. The Morgan fingerprint density at radius 1 is 0.946 bits per heavy atom. The third-order valence-electron chi connectivity index (χ3n) is 6.82. The second-order valence-corrected chi connectivity index (χ2v) is 9.87. The third kappa shape index (κ3) is 11.3. The number of rotatable bonds is 19. The minimum atomic E-state index is -5.01. The number of alkyl halides is 3. The topological polar surface area (TPSA) is 35.5 Å². The zero-order valence-corrected chi connectivity index (χ0v) is 22.8. The number of hydrogen-bond donors (Lipinski definition) is 0. The lowest BCUT2D eigenvalue weighted by molar-refractivity contribution is -0.277. The number of carbonyl (C=O) groups is 1. The Labute approximate surface area is 222 Å². The van der Waals surface area contributed by atoms with Crippen LogP contribution in [0, 0.1) is 18.3 Å². The van der Waals surface area contributed by atoms with Gasteiger partial charge in [-0.3, -0.25) is 0 Å². The number of hydrogen-bond acceptors (Lipinski definition) is 3. The highest BCUT2D eigenvalue weighted by Crippen LogP contribution is 2.43. The summed E-state index contributed by atoms with van der Waals surface area (Å²) < 4.78 is 52.5. The summed E-state index contributed by atoms with van der Waals surface area (Å²) in [5.74, 6) is 1.64. The van der Waals surface area contributed by atoms with E-state index in [0.29, 0.717) is 6.42 Å². The van der Waals surface area contributed by atoms with Gasteiger partial charge in [-0.2, -0.15) is 13.2 Å². The molecule has 1 aromatic rings. The van der Waals surface area contributed by atoms with Crippen molar-refractivity contribution in [2.75, 3.05) is 7.11 Å². The van der Waals surface area contributed by atoms with E-state index < -0.39 is 23.9 Å². The van der Waals surface area contributed by atoms with Gasteiger partial charge in [-0.05, 0) is 30.9 Å². The number of halogens is 3. The van der Waals surface area contributed by atoms with Crippen LogP contribution in [-0.4, -0.2) is 25.4 Å². The summed E-state index contributed by atoms with van der Waals surface area (Å²) in [6.45, 7) is 4.58. The molecule has 0 aromatic heterocycles. The lowest BCUT2D eigenvalue weighted by atomic mass is 9.92. The summed E-state index contributed by atoms with van der Waals surface area (Å²) in [5, 5.41) is 0. The smallest absolute Gasteiger partial charge is 0.432 e. The summed E-state index contributed by atoms with van der Waals surface area (Å²) in [4.78, 5) is 12.9. The molecule has 0 N–H and O–H groups in total. The van der Waals surface area contributed by atoms with Crippen LogP contribution in [0.3, 0.4) is 0 Å². The van der Waals surface area contributed by atoms with Crippen molar-refractivity contribution in [1.29, 1.82) is 0 Å². The van der Waals surface area contributed by atoms with Crippen molar-refractivity contribution >= 4 is 5.97 Å². The van der Waals surface area contributed by atoms with Gasteiger partial charge in [-0.1, -0.05) is 121 Å². The highest BCUT2D eigenvalue weighted by atomic mass is 19.4. The molecule has 0 fully saturated rings. The maximum atomic E-state index is 14.1. The number of unbranched alkanes of at least 4 members (excludes halogenated alkanes) is 8. The molecule has 1 aromatic carbocycles. The molecule has 0 aliphatic carbocycles. The molecule has 0 amide bonds. The molecule has 0 saturated heterocycles. The number of carbonyl (C=O) groups excluding carboxylic acids is 1. The maximum absolute atomic E-state index is 14.1. The van der Waals surface area contributed by atoms with Crippen LogP contribution in [0.4, 0.5) is 13.2 Å². The fraction of sp³-hybridized carbons (Fsp3) is 0.645. The van der Waals surface area contributed by atoms with Crippen molar-refractivity contribution in [2.45, 2.75) is 115 Å². The Morgan fingerprint density at radius 2 is 1.49 bits per heavy atom. The second-order valence-electron chi connectivity index (χ2n) is 9.87. The Kier molecular flexibility index (Phi) is 16.0. The average molecular weight is 523 g/mol. The van der Waals surface area contributed by atoms with Gasteiger partial charge >= 0.3 is 12.1 Å². The van der Waals surface area contributed by atoms with E-state index in [2.05, 4.69) is 19.8 Å². The molecule has 3 atom stereocenters. The van der Waals surface area contributed by atoms with E-state index in [-0.39, 0.29) is 5.56 Å². The first-order valence-corrected chi connectivity index (χ1v) is 13.7. The molecule has 0 saturated carbocycles. The summed E-state index contributed by atoms with van der Waals surface area (Å²) >= 11 is 0. The van der Waals surface area contributed by atoms with E-state index in [0.717, 1.165) is 38.7 Å². The number of ether oxygens (including phenoxy) is 2. The lowest BCUT2D eigenvalue weighted by Crippen LogP contribution is -2.52. The fourth-order valence-corrected chi connectivity index (χ4v) is 4.56. The van der Waals surface area contributed by atoms with Gasteiger partial charge in [0.05, 0.1) is 0 Å². The van der Waals surface area contributed by atoms with E-state index in [1.54, 1.807) is 6.07 Å². The predicted octanol–water partition coefficient (Wildman–Crippen LogP) is 8.92. The molecular formula is C31H45F3O3. The van der Waals surface area contributed by atoms with E-state index in [1.807, 2.05) is 0 Å². The highest BCUT2D eigenvalue weighted by Gasteiger charge is 2.64. The van der Waals surface area contributed by atoms with Crippen LogP contribution in [0.1, 0.15) is 103 Å². The van der Waals surface area contributed by atoms with Crippen LogP contribution in [0.5, 0.6) is 0 Å². The second kappa shape index (κ2) is 18.1. The summed E-state index contributed by atoms with van der Waals surface area (Å²) in [6.07, 6.45) is 16.7. The van der Waals surface area contributed by atoms with Gasteiger partial charge in [0.25, 0.3) is 5.60 Å². The molecule has 6 heteroatoms. The van der Waals surface area contributed by atoms with Crippen molar-refractivity contribution in [3.63, 3.8) is 0 Å². The number of terminal acetylenes is 1. The minimum absolute atomic E-state index is 0.329. The first kappa shape index (κ1) is 32.8. The van der Waals surface area contributed by atoms with Crippen molar-refractivity contribution in [1.82, 2.24) is 0 Å². The number of allylic oxidation sites excluding steroid dienone is 1. The Hall–Kier alpha value is -2.26. The van der Waals surface area contributed by atoms with E-state index in [9.17, 15) is 18.0 Å². The van der Waals surface area contributed by atoms with Crippen molar-refractivity contribution < 1.29 is 27.4 Å². The summed E-state index contributed by atoms with van der Waals surface area (Å²) in [5.41, 5.74) is -3.53. The SMILES string of the molecule is C#C/C=C\[C@H](CCCCCCCCCCC(C)CCCC)OC(=O)[C@](OC)(c1ccccc1)C(F)(F)F. The molecule has 0 aliphatic heterocycles. The van der Waals surface area contributed by atoms with Crippen LogP contribution in [0.25, 0.3) is 0 Å². The largest absolute Gasteiger partial charge is 0.455 e. The van der Waals surface area contributed by atoms with E-state index >= 15 is 0 Å². The molecule has 37 heavy (non-hydrogen) atoms. The predicted molar refractivity (Wildman–Crippen MR) is 144 cm³/mol. The zero-order chi connectivity index (χ0) is 27.6. The van der Waals surface area contributed by atoms with Crippen molar-refractivity contribution in [2.24, 2.45) is 5.92 Å². The molecule has 3 nitrogen and oxygen atoms in total. The van der Waals surface area contributed by atoms with Crippen LogP contribution in [-0.2, 0) is 19.9 Å². The van der Waals surface area contributed by atoms with Crippen LogP contribution in [0.15, 0.2) is 42.5 Å². The first-order valence-electron chi connectivity index (χ1n) is 13.7. The Morgan fingerprint density at radius 3 is 2.00 bits per heavy atom. The maximum Gasteiger partial charge on any atom is 0.432 e. The fourth-order valence-electron chi connectivity index (χ4n) is 4.56. The molecule has 0 aliphatic rings. The van der Waals surface area contributed by atoms with Crippen molar-refractivity contribution in [3.8, 4) is 12.3 Å². The number of methoxy groups -OCH3 is 1. The minimum Gasteiger partial charge on any atom is -0.455 e. The van der Waals surface area contributed by atoms with Gasteiger partial charge in [0.1, 0.15) is 6.10 Å². The van der Waals surface area contributed by atoms with Crippen LogP contribution >= 0.6 is 0 Å². The third-order valence-corrected chi connectivity index (χ3v) is 6.82. The van der Waals surface area contributed by atoms with Gasteiger partial charge in [-0.15, -0.1) is 6.42 Å². The summed E-state index contributed by atoms with van der Waals surface area (Å²) in [6, 6.07) is 6.83. The van der Waals surface area contributed by atoms with E-state index in [4.69, 9.17) is 15.9 Å². The first-order chi connectivity index (χ1) is 17.7. The van der Waals surface area contributed by atoms with Gasteiger partial charge in [0.2, 0.25) is 0 Å². The normalized spacial score (nSPS) is 15.2. The molecule has 1 rings (SSSR count). The molecule has 1 unspecified atom stereocenters. The van der Waals surface area contributed by atoms with Crippen LogP contribution < -0.4 is 0 Å². The average Bonchev–Trinajstić information content (AvgIpc) is 2.87. The zero-order valence-electron chi connectivity index (χ0n) is 22.8. The van der Waals surface area contributed by atoms with E-state index in [1.165, 1.54) is 87.8 Å². The standard InChI is InChI=1S/C31H45F3O3/c1-5-7-20-26(3)21-16-13-11-9-10-12-14-19-25-28(24-8-6-2)37-29(35)30(36-4,31(32,33)34)27-22-17-15-18-23-27/h2,8,15,17-18,22-24,26,28H,5,7,9-14,16,19-21,25H2,1,3-4H3/b24-8-/t26?,28-,30-/m1/s1. The molecular weight excluding hydrogens is 477 g/mol. The number of benzene rings is 1. The lowest BCUT2D eigenvalue weighted by Gasteiger charge is -2.33. The van der Waals surface area contributed by atoms with Gasteiger partial charge < -0.3 is 9.47 Å². The molecule has 0 spiro atoms. The Balaban J connectivity index is 2.52. The highest BCUT2D eigenvalue weighted by molar-refractivity contribution is 5.83. The van der Waals surface area contributed by atoms with Gasteiger partial charge in [-0.25, -0.2) is 4.79 Å². The number of esters is 1. The Bertz CT molecular complexity index is 813. The molecule has 0 bridgehead atoms. The molecule has 0 radical (unpaired) electrons. The summed E-state index contributed by atoms with van der Waals surface area (Å²) in [7, 11) is 0.862. The van der Waals surface area contributed by atoms with Crippen LogP contribution in [0.2, 0.25) is 0 Å². The van der Waals surface area contributed by atoms with Gasteiger partial charge in [0, 0.05) is 12.7 Å². The van der Waals surface area contributed by atoms with Gasteiger partial charge in [0.15, 0.2) is 0 Å². The quantitative estimate of drug-likeness (QED) is 0.103.